The van der Waals surface area contributed by atoms with Gasteiger partial charge in [0, 0.05) is 12.5 Å². The van der Waals surface area contributed by atoms with Crippen molar-refractivity contribution in [1.82, 2.24) is 10.2 Å². The number of carbonyl (C=O) groups excluding carboxylic acids is 1. The summed E-state index contributed by atoms with van der Waals surface area (Å²) >= 11 is 4.93. The highest BCUT2D eigenvalue weighted by Crippen LogP contribution is 2.04. The molecule has 2 unspecified atom stereocenters. The van der Waals surface area contributed by atoms with E-state index in [1.165, 1.54) is 0 Å². The van der Waals surface area contributed by atoms with Crippen LogP contribution in [0.1, 0.15) is 19.6 Å². The summed E-state index contributed by atoms with van der Waals surface area (Å²) < 4.78 is 5.16. The predicted octanol–water partition coefficient (Wildman–Crippen LogP) is 1.14. The lowest BCUT2D eigenvalue weighted by molar-refractivity contribution is -0.125. The number of carbonyl (C=O) groups is 1. The van der Waals surface area contributed by atoms with Gasteiger partial charge < -0.3 is 15.5 Å². The first-order valence-corrected chi connectivity index (χ1v) is 6.62. The van der Waals surface area contributed by atoms with Crippen molar-refractivity contribution in [3.05, 3.63) is 24.2 Å². The van der Waals surface area contributed by atoms with Gasteiger partial charge in [0.25, 0.3) is 0 Å². The monoisotopic (exact) mass is 283 g/mol. The summed E-state index contributed by atoms with van der Waals surface area (Å²) in [5.74, 6) is 0.772. The van der Waals surface area contributed by atoms with Gasteiger partial charge in [0.1, 0.15) is 5.76 Å². The van der Waals surface area contributed by atoms with Crippen LogP contribution in [-0.4, -0.2) is 35.4 Å². The summed E-state index contributed by atoms with van der Waals surface area (Å²) in [6.45, 7) is 4.86. The average molecular weight is 283 g/mol. The minimum absolute atomic E-state index is 0.0472. The number of nitrogens with two attached hydrogens (primary N) is 1. The summed E-state index contributed by atoms with van der Waals surface area (Å²) in [6.07, 6.45) is 1.58. The largest absolute Gasteiger partial charge is 0.467 e. The van der Waals surface area contributed by atoms with E-state index in [1.54, 1.807) is 12.3 Å². The number of nitrogens with one attached hydrogen (secondary N) is 1. The highest BCUT2D eigenvalue weighted by atomic mass is 32.1. The minimum Gasteiger partial charge on any atom is -0.467 e. The molecule has 1 aromatic rings. The Hall–Kier alpha value is -1.40. The zero-order valence-electron chi connectivity index (χ0n) is 11.6. The molecule has 0 saturated carbocycles. The molecule has 0 aliphatic rings. The molecule has 6 heteroatoms. The second-order valence-corrected chi connectivity index (χ2v) is 5.19. The first-order chi connectivity index (χ1) is 8.91. The standard InChI is InChI=1S/C13H21N3O2S/c1-9(12(14)19)8-16(3)10(2)13(17)15-7-11-5-4-6-18-11/h4-6,9-10H,7-8H2,1-3H3,(H2,14,19)(H,15,17). The van der Waals surface area contributed by atoms with Crippen molar-refractivity contribution in [1.29, 1.82) is 0 Å². The van der Waals surface area contributed by atoms with E-state index in [0.29, 0.717) is 18.1 Å². The zero-order valence-corrected chi connectivity index (χ0v) is 12.4. The van der Waals surface area contributed by atoms with E-state index in [-0.39, 0.29) is 17.9 Å². The number of thiocarbonyl (C=S) groups is 1. The van der Waals surface area contributed by atoms with Crippen molar-refractivity contribution in [3.8, 4) is 0 Å². The molecule has 1 rings (SSSR count). The number of nitrogens with zero attached hydrogens (tertiary/aromatic N) is 1. The lowest BCUT2D eigenvalue weighted by Crippen LogP contribution is -2.45. The van der Waals surface area contributed by atoms with Crippen LogP contribution in [0, 0.1) is 5.92 Å². The fourth-order valence-electron chi connectivity index (χ4n) is 1.62. The Morgan fingerprint density at radius 1 is 1.58 bits per heavy atom. The Bertz CT molecular complexity index is 420. The first kappa shape index (κ1) is 15.7. The van der Waals surface area contributed by atoms with Gasteiger partial charge in [-0.15, -0.1) is 0 Å². The van der Waals surface area contributed by atoms with Crippen LogP contribution in [-0.2, 0) is 11.3 Å². The van der Waals surface area contributed by atoms with Gasteiger partial charge in [-0.1, -0.05) is 19.1 Å². The fraction of sp³-hybridized carbons (Fsp3) is 0.538. The maximum absolute atomic E-state index is 12.0. The maximum Gasteiger partial charge on any atom is 0.237 e. The third-order valence-electron chi connectivity index (χ3n) is 3.11. The molecular formula is C13H21N3O2S. The minimum atomic E-state index is -0.244. The highest BCUT2D eigenvalue weighted by molar-refractivity contribution is 7.80. The van der Waals surface area contributed by atoms with E-state index in [2.05, 4.69) is 5.32 Å². The Kier molecular flexibility index (Phi) is 5.98. The molecule has 0 aliphatic heterocycles. The molecule has 19 heavy (non-hydrogen) atoms. The summed E-state index contributed by atoms with van der Waals surface area (Å²) in [7, 11) is 1.88. The molecule has 0 aromatic carbocycles. The van der Waals surface area contributed by atoms with E-state index >= 15 is 0 Å². The molecule has 0 saturated heterocycles. The number of hydrogen-bond donors (Lipinski definition) is 2. The maximum atomic E-state index is 12.0. The van der Waals surface area contributed by atoms with Crippen LogP contribution in [0.2, 0.25) is 0 Å². The van der Waals surface area contributed by atoms with Crippen LogP contribution < -0.4 is 11.1 Å². The molecular weight excluding hydrogens is 262 g/mol. The first-order valence-electron chi connectivity index (χ1n) is 6.21. The quantitative estimate of drug-likeness (QED) is 0.734. The third kappa shape index (κ3) is 5.00. The van der Waals surface area contributed by atoms with Gasteiger partial charge in [-0.05, 0) is 26.1 Å². The molecule has 0 fully saturated rings. The van der Waals surface area contributed by atoms with E-state index < -0.39 is 0 Å². The molecule has 0 bridgehead atoms. The van der Waals surface area contributed by atoms with Crippen LogP contribution in [0.5, 0.6) is 0 Å². The lowest BCUT2D eigenvalue weighted by Gasteiger charge is -2.26. The van der Waals surface area contributed by atoms with Crippen LogP contribution >= 0.6 is 12.2 Å². The summed E-state index contributed by atoms with van der Waals surface area (Å²) in [4.78, 5) is 14.4. The van der Waals surface area contributed by atoms with Gasteiger partial charge in [0.2, 0.25) is 5.91 Å². The van der Waals surface area contributed by atoms with Gasteiger partial charge in [-0.3, -0.25) is 9.69 Å². The van der Waals surface area contributed by atoms with Crippen molar-refractivity contribution in [2.24, 2.45) is 11.7 Å². The van der Waals surface area contributed by atoms with E-state index in [0.717, 1.165) is 5.76 Å². The Labute approximate surface area is 119 Å². The van der Waals surface area contributed by atoms with Gasteiger partial charge in [-0.25, -0.2) is 0 Å². The number of amides is 1. The van der Waals surface area contributed by atoms with E-state index in [9.17, 15) is 4.79 Å². The van der Waals surface area contributed by atoms with E-state index in [1.807, 2.05) is 31.9 Å². The van der Waals surface area contributed by atoms with E-state index in [4.69, 9.17) is 22.4 Å². The van der Waals surface area contributed by atoms with Crippen molar-refractivity contribution >= 4 is 23.1 Å². The molecule has 106 valence electrons. The Balaban J connectivity index is 2.40. The second-order valence-electron chi connectivity index (χ2n) is 4.72. The molecule has 1 aromatic heterocycles. The van der Waals surface area contributed by atoms with Crippen molar-refractivity contribution < 1.29 is 9.21 Å². The SMILES string of the molecule is CC(CN(C)C(C)C(=O)NCc1ccco1)C(N)=S. The van der Waals surface area contributed by atoms with Gasteiger partial charge in [0.15, 0.2) is 0 Å². The van der Waals surface area contributed by atoms with Crippen LogP contribution in [0.15, 0.2) is 22.8 Å². The number of likely N-dealkylation sites (N-methyl/N-ethyl adjacent to an activating group) is 1. The number of furan rings is 1. The van der Waals surface area contributed by atoms with Crippen LogP contribution in [0.25, 0.3) is 0 Å². The lowest BCUT2D eigenvalue weighted by atomic mass is 10.1. The second kappa shape index (κ2) is 7.25. The van der Waals surface area contributed by atoms with Gasteiger partial charge in [-0.2, -0.15) is 0 Å². The number of rotatable bonds is 7. The topological polar surface area (TPSA) is 71.5 Å². The normalized spacial score (nSPS) is 14.1. The smallest absolute Gasteiger partial charge is 0.237 e. The van der Waals surface area contributed by atoms with Crippen LogP contribution in [0.4, 0.5) is 0 Å². The molecule has 3 N–H and O–H groups in total. The van der Waals surface area contributed by atoms with Crippen molar-refractivity contribution in [3.63, 3.8) is 0 Å². The molecule has 1 heterocycles. The van der Waals surface area contributed by atoms with Crippen molar-refractivity contribution in [2.45, 2.75) is 26.4 Å². The molecule has 1 amide bonds. The molecule has 5 nitrogen and oxygen atoms in total. The average Bonchev–Trinajstić information content (AvgIpc) is 2.87. The predicted molar refractivity (Wildman–Crippen MR) is 78.6 cm³/mol. The van der Waals surface area contributed by atoms with Gasteiger partial charge >= 0.3 is 0 Å². The fourth-order valence-corrected chi connectivity index (χ4v) is 1.69. The molecule has 0 spiro atoms. The third-order valence-corrected chi connectivity index (χ3v) is 3.51. The molecule has 2 atom stereocenters. The summed E-state index contributed by atoms with van der Waals surface area (Å²) in [6, 6.07) is 3.37. The molecule has 0 aliphatic carbocycles. The number of hydrogen-bond acceptors (Lipinski definition) is 4. The van der Waals surface area contributed by atoms with Crippen LogP contribution in [0.3, 0.4) is 0 Å². The van der Waals surface area contributed by atoms with Gasteiger partial charge in [0.05, 0.1) is 23.8 Å². The van der Waals surface area contributed by atoms with Crippen molar-refractivity contribution in [2.75, 3.05) is 13.6 Å². The Morgan fingerprint density at radius 2 is 2.26 bits per heavy atom. The summed E-state index contributed by atoms with van der Waals surface area (Å²) in [5.41, 5.74) is 5.58. The molecule has 0 radical (unpaired) electrons. The zero-order chi connectivity index (χ0) is 14.4. The summed E-state index contributed by atoms with van der Waals surface area (Å²) in [5, 5.41) is 2.83. The Morgan fingerprint density at radius 3 is 2.79 bits per heavy atom. The highest BCUT2D eigenvalue weighted by Gasteiger charge is 2.20.